The van der Waals surface area contributed by atoms with Crippen LogP contribution in [0.15, 0.2) is 23.1 Å². The van der Waals surface area contributed by atoms with Gasteiger partial charge in [-0.25, -0.2) is 17.2 Å². The molecular weight excluding hydrogens is 286 g/mol. The van der Waals surface area contributed by atoms with Crippen molar-refractivity contribution in [3.63, 3.8) is 0 Å². The van der Waals surface area contributed by atoms with E-state index in [-0.39, 0.29) is 11.4 Å². The Morgan fingerprint density at radius 3 is 2.56 bits per heavy atom. The Labute approximate surface area is 109 Å². The average molecular weight is 299 g/mol. The summed E-state index contributed by atoms with van der Waals surface area (Å²) in [6.07, 6.45) is -2.73. The minimum Gasteiger partial charge on any atom is -0.326 e. The minimum atomic E-state index is -3.94. The molecule has 2 N–H and O–H groups in total. The van der Waals surface area contributed by atoms with E-state index in [1.807, 2.05) is 0 Å². The van der Waals surface area contributed by atoms with Crippen LogP contribution in [0.25, 0.3) is 0 Å². The molecule has 0 bridgehead atoms. The van der Waals surface area contributed by atoms with Crippen LogP contribution in [0.4, 0.5) is 8.78 Å². The molecule has 8 heteroatoms. The normalized spacial score (nSPS) is 12.4. The van der Waals surface area contributed by atoms with Gasteiger partial charge in [-0.2, -0.15) is 4.31 Å². The molecule has 1 rings (SSSR count). The highest BCUT2D eigenvalue weighted by atomic mass is 35.5. The van der Waals surface area contributed by atoms with Crippen molar-refractivity contribution in [2.24, 2.45) is 5.73 Å². The summed E-state index contributed by atoms with van der Waals surface area (Å²) < 4.78 is 48.9. The van der Waals surface area contributed by atoms with E-state index in [2.05, 4.69) is 0 Å². The first kappa shape index (κ1) is 15.3. The van der Waals surface area contributed by atoms with E-state index in [0.29, 0.717) is 14.9 Å². The monoisotopic (exact) mass is 298 g/mol. The van der Waals surface area contributed by atoms with Gasteiger partial charge >= 0.3 is 0 Å². The van der Waals surface area contributed by atoms with E-state index in [0.717, 1.165) is 7.05 Å². The first-order chi connectivity index (χ1) is 8.28. The van der Waals surface area contributed by atoms with Gasteiger partial charge in [-0.05, 0) is 23.8 Å². The van der Waals surface area contributed by atoms with Gasteiger partial charge in [0.05, 0.1) is 11.4 Å². The van der Waals surface area contributed by atoms with Crippen molar-refractivity contribution in [2.45, 2.75) is 17.9 Å². The smallest absolute Gasteiger partial charge is 0.252 e. The van der Waals surface area contributed by atoms with Gasteiger partial charge in [-0.1, -0.05) is 11.6 Å². The zero-order chi connectivity index (χ0) is 13.9. The summed E-state index contributed by atoms with van der Waals surface area (Å²) in [4.78, 5) is -0.101. The molecule has 1 aromatic rings. The first-order valence-electron chi connectivity index (χ1n) is 5.02. The number of sulfonamides is 1. The average Bonchev–Trinajstić information content (AvgIpc) is 2.28. The zero-order valence-corrected chi connectivity index (χ0v) is 11.2. The molecule has 0 aliphatic carbocycles. The summed E-state index contributed by atoms with van der Waals surface area (Å²) in [6.45, 7) is -0.788. The Bertz CT molecular complexity index is 523. The first-order valence-corrected chi connectivity index (χ1v) is 6.84. The largest absolute Gasteiger partial charge is 0.326 e. The summed E-state index contributed by atoms with van der Waals surface area (Å²) in [5, 5.41) is 0.341. The lowest BCUT2D eigenvalue weighted by atomic mass is 10.2. The highest BCUT2D eigenvalue weighted by Gasteiger charge is 2.24. The van der Waals surface area contributed by atoms with Gasteiger partial charge in [-0.15, -0.1) is 0 Å². The van der Waals surface area contributed by atoms with Crippen LogP contribution in [0.1, 0.15) is 5.56 Å². The summed E-state index contributed by atoms with van der Waals surface area (Å²) in [6, 6.07) is 3.94. The lowest BCUT2D eigenvalue weighted by molar-refractivity contribution is 0.126. The maximum Gasteiger partial charge on any atom is 0.252 e. The van der Waals surface area contributed by atoms with Crippen LogP contribution in [0, 0.1) is 0 Å². The molecule has 0 aromatic heterocycles. The van der Waals surface area contributed by atoms with Crippen molar-refractivity contribution in [3.8, 4) is 0 Å². The van der Waals surface area contributed by atoms with Crippen LogP contribution in [0.3, 0.4) is 0 Å². The topological polar surface area (TPSA) is 63.4 Å². The summed E-state index contributed by atoms with van der Waals surface area (Å²) >= 11 is 5.80. The lowest BCUT2D eigenvalue weighted by Crippen LogP contribution is -2.31. The van der Waals surface area contributed by atoms with Crippen molar-refractivity contribution in [1.29, 1.82) is 0 Å². The van der Waals surface area contributed by atoms with Crippen molar-refractivity contribution >= 4 is 21.6 Å². The standard InChI is InChI=1S/C10H13ClF2N2O2S/c1-15(6-10(12)13)18(16,17)8-2-3-9(11)7(4-8)5-14/h2-4,10H,5-6,14H2,1H3. The molecule has 0 radical (unpaired) electrons. The molecular formula is C10H13ClF2N2O2S. The van der Waals surface area contributed by atoms with E-state index < -0.39 is 23.0 Å². The molecule has 0 saturated carbocycles. The zero-order valence-electron chi connectivity index (χ0n) is 9.61. The van der Waals surface area contributed by atoms with Gasteiger partial charge in [0.1, 0.15) is 0 Å². The molecule has 102 valence electrons. The SMILES string of the molecule is CN(CC(F)F)S(=O)(=O)c1ccc(Cl)c(CN)c1. The van der Waals surface area contributed by atoms with Crippen molar-refractivity contribution in [3.05, 3.63) is 28.8 Å². The predicted molar refractivity (Wildman–Crippen MR) is 65.2 cm³/mol. The number of halogens is 3. The van der Waals surface area contributed by atoms with Crippen LogP contribution >= 0.6 is 11.6 Å². The van der Waals surface area contributed by atoms with Gasteiger partial charge in [0.25, 0.3) is 6.43 Å². The Morgan fingerprint density at radius 1 is 1.44 bits per heavy atom. The van der Waals surface area contributed by atoms with E-state index in [4.69, 9.17) is 17.3 Å². The van der Waals surface area contributed by atoms with E-state index >= 15 is 0 Å². The van der Waals surface area contributed by atoms with Gasteiger partial charge in [0.2, 0.25) is 10.0 Å². The Kier molecular flexibility index (Phi) is 5.03. The molecule has 18 heavy (non-hydrogen) atoms. The molecule has 4 nitrogen and oxygen atoms in total. The van der Waals surface area contributed by atoms with E-state index in [1.165, 1.54) is 18.2 Å². The van der Waals surface area contributed by atoms with Crippen LogP contribution in [-0.4, -0.2) is 32.7 Å². The molecule has 0 unspecified atom stereocenters. The number of benzene rings is 1. The molecule has 0 heterocycles. The molecule has 0 spiro atoms. The maximum absolute atomic E-state index is 12.2. The molecule has 0 aliphatic rings. The van der Waals surface area contributed by atoms with Crippen molar-refractivity contribution in [1.82, 2.24) is 4.31 Å². The fourth-order valence-corrected chi connectivity index (χ4v) is 2.74. The predicted octanol–water partition coefficient (Wildman–Crippen LogP) is 1.68. The fraction of sp³-hybridized carbons (Fsp3) is 0.400. The van der Waals surface area contributed by atoms with Crippen molar-refractivity contribution < 1.29 is 17.2 Å². The highest BCUT2D eigenvalue weighted by molar-refractivity contribution is 7.89. The Morgan fingerprint density at radius 2 is 2.06 bits per heavy atom. The van der Waals surface area contributed by atoms with Crippen LogP contribution in [0.5, 0.6) is 0 Å². The number of nitrogens with two attached hydrogens (primary N) is 1. The summed E-state index contributed by atoms with van der Waals surface area (Å²) in [7, 11) is -2.85. The minimum absolute atomic E-state index is 0.0702. The number of nitrogens with zero attached hydrogens (tertiary/aromatic N) is 1. The quantitative estimate of drug-likeness (QED) is 0.899. The molecule has 0 amide bonds. The highest BCUT2D eigenvalue weighted by Crippen LogP contribution is 2.22. The van der Waals surface area contributed by atoms with Gasteiger partial charge in [0, 0.05) is 18.6 Å². The molecule has 0 fully saturated rings. The van der Waals surface area contributed by atoms with Crippen LogP contribution < -0.4 is 5.73 Å². The summed E-state index contributed by atoms with van der Waals surface area (Å²) in [5.41, 5.74) is 5.85. The summed E-state index contributed by atoms with van der Waals surface area (Å²) in [5.74, 6) is 0. The second-order valence-corrected chi connectivity index (χ2v) is 6.09. The maximum atomic E-state index is 12.2. The number of hydrogen-bond acceptors (Lipinski definition) is 3. The third-order valence-corrected chi connectivity index (χ3v) is 4.53. The van der Waals surface area contributed by atoms with Gasteiger partial charge in [-0.3, -0.25) is 0 Å². The number of hydrogen-bond donors (Lipinski definition) is 1. The molecule has 1 aromatic carbocycles. The van der Waals surface area contributed by atoms with Crippen molar-refractivity contribution in [2.75, 3.05) is 13.6 Å². The van der Waals surface area contributed by atoms with E-state index in [1.54, 1.807) is 0 Å². The third kappa shape index (κ3) is 3.38. The third-order valence-electron chi connectivity index (χ3n) is 2.34. The van der Waals surface area contributed by atoms with Crippen LogP contribution in [-0.2, 0) is 16.6 Å². The fourth-order valence-electron chi connectivity index (χ4n) is 1.34. The van der Waals surface area contributed by atoms with Crippen LogP contribution in [0.2, 0.25) is 5.02 Å². The molecule has 0 aliphatic heterocycles. The second-order valence-electron chi connectivity index (χ2n) is 3.63. The molecule has 0 saturated heterocycles. The second kappa shape index (κ2) is 5.92. The lowest BCUT2D eigenvalue weighted by Gasteiger charge is -2.17. The number of rotatable bonds is 5. The van der Waals surface area contributed by atoms with Gasteiger partial charge in [0.15, 0.2) is 0 Å². The number of alkyl halides is 2. The van der Waals surface area contributed by atoms with Gasteiger partial charge < -0.3 is 5.73 Å². The molecule has 0 atom stereocenters. The van der Waals surface area contributed by atoms with E-state index in [9.17, 15) is 17.2 Å². The Balaban J connectivity index is 3.12. The Hall–Kier alpha value is -0.760.